The van der Waals surface area contributed by atoms with E-state index in [4.69, 9.17) is 4.74 Å². The van der Waals surface area contributed by atoms with Crippen molar-refractivity contribution in [3.8, 4) is 5.88 Å². The van der Waals surface area contributed by atoms with Gasteiger partial charge in [-0.15, -0.1) is 0 Å². The van der Waals surface area contributed by atoms with Crippen LogP contribution in [0.5, 0.6) is 5.88 Å². The Morgan fingerprint density at radius 3 is 2.80 bits per heavy atom. The lowest BCUT2D eigenvalue weighted by molar-refractivity contribution is -0.386. The Bertz CT molecular complexity index is 438. The first kappa shape index (κ1) is 16.2. The second-order valence-electron chi connectivity index (χ2n) is 4.71. The molecule has 0 unspecified atom stereocenters. The van der Waals surface area contributed by atoms with Gasteiger partial charge in [-0.2, -0.15) is 4.98 Å². The third kappa shape index (κ3) is 5.40. The number of pyridine rings is 1. The van der Waals surface area contributed by atoms with Crippen molar-refractivity contribution in [3.63, 3.8) is 0 Å². The molecule has 0 saturated carbocycles. The molecule has 1 N–H and O–H groups in total. The van der Waals surface area contributed by atoms with E-state index in [1.165, 1.54) is 6.07 Å². The average molecular weight is 282 g/mol. The van der Waals surface area contributed by atoms with Crippen molar-refractivity contribution in [1.29, 1.82) is 0 Å². The molecule has 1 aromatic rings. The molecule has 1 aromatic heterocycles. The predicted molar refractivity (Wildman–Crippen MR) is 78.3 cm³/mol. The number of hydrogen-bond donors (Lipinski definition) is 1. The smallest absolute Gasteiger partial charge is 0.331 e. The number of nitrogens with one attached hydrogen (secondary N) is 1. The molecule has 0 radical (unpaired) electrons. The summed E-state index contributed by atoms with van der Waals surface area (Å²) in [4.78, 5) is 16.7. The normalized spacial score (nSPS) is 10.6. The number of hydrogen-bond acceptors (Lipinski definition) is 6. The molecule has 0 amide bonds. The standard InChI is InChI=1S/C13H22N4O3/c1-4-8-14-12-7-6-11(17(18)19)13(15-12)20-10-5-9-16(2)3/h6-7H,4-5,8-10H2,1-3H3,(H,14,15). The molecule has 0 aliphatic heterocycles. The second-order valence-corrected chi connectivity index (χ2v) is 4.71. The molecule has 0 fully saturated rings. The van der Waals surface area contributed by atoms with Gasteiger partial charge in [0.05, 0.1) is 11.5 Å². The van der Waals surface area contributed by atoms with Gasteiger partial charge in [-0.05, 0) is 33.0 Å². The van der Waals surface area contributed by atoms with Crippen LogP contribution in [0.3, 0.4) is 0 Å². The van der Waals surface area contributed by atoms with Crippen LogP contribution in [0.4, 0.5) is 11.5 Å². The lowest BCUT2D eigenvalue weighted by Crippen LogP contribution is -2.16. The number of nitro groups is 1. The molecular weight excluding hydrogens is 260 g/mol. The quantitative estimate of drug-likeness (QED) is 0.424. The van der Waals surface area contributed by atoms with Gasteiger partial charge in [0.25, 0.3) is 5.88 Å². The topological polar surface area (TPSA) is 80.5 Å². The van der Waals surface area contributed by atoms with Crippen LogP contribution in [0.1, 0.15) is 19.8 Å². The predicted octanol–water partition coefficient (Wildman–Crippen LogP) is 2.14. The van der Waals surface area contributed by atoms with Gasteiger partial charge in [0, 0.05) is 19.2 Å². The van der Waals surface area contributed by atoms with E-state index in [1.54, 1.807) is 6.07 Å². The fraction of sp³-hybridized carbons (Fsp3) is 0.615. The highest BCUT2D eigenvalue weighted by atomic mass is 16.6. The van der Waals surface area contributed by atoms with Crippen LogP contribution in [0.25, 0.3) is 0 Å². The highest BCUT2D eigenvalue weighted by Crippen LogP contribution is 2.26. The Kier molecular flexibility index (Phi) is 6.72. The minimum atomic E-state index is -0.474. The number of rotatable bonds is 9. The Balaban J connectivity index is 2.70. The number of aromatic nitrogens is 1. The van der Waals surface area contributed by atoms with Crippen LogP contribution < -0.4 is 10.1 Å². The summed E-state index contributed by atoms with van der Waals surface area (Å²) in [7, 11) is 3.94. The minimum Gasteiger partial charge on any atom is -0.473 e. The molecule has 0 bridgehead atoms. The fourth-order valence-corrected chi connectivity index (χ4v) is 1.58. The minimum absolute atomic E-state index is 0.0786. The van der Waals surface area contributed by atoms with Crippen LogP contribution in [0.15, 0.2) is 12.1 Å². The summed E-state index contributed by atoms with van der Waals surface area (Å²) < 4.78 is 5.45. The fourth-order valence-electron chi connectivity index (χ4n) is 1.58. The van der Waals surface area contributed by atoms with Crippen molar-refractivity contribution in [2.24, 2.45) is 0 Å². The largest absolute Gasteiger partial charge is 0.473 e. The molecule has 0 aliphatic carbocycles. The molecule has 20 heavy (non-hydrogen) atoms. The molecule has 7 heteroatoms. The molecule has 7 nitrogen and oxygen atoms in total. The van der Waals surface area contributed by atoms with Crippen LogP contribution in [-0.4, -0.2) is 48.6 Å². The highest BCUT2D eigenvalue weighted by molar-refractivity contribution is 5.49. The van der Waals surface area contributed by atoms with E-state index in [9.17, 15) is 10.1 Å². The Morgan fingerprint density at radius 2 is 2.20 bits per heavy atom. The van der Waals surface area contributed by atoms with E-state index < -0.39 is 4.92 Å². The monoisotopic (exact) mass is 282 g/mol. The Hall–Kier alpha value is -1.89. The zero-order chi connectivity index (χ0) is 15.0. The summed E-state index contributed by atoms with van der Waals surface area (Å²) in [5.41, 5.74) is -0.100. The van der Waals surface area contributed by atoms with Crippen molar-refractivity contribution in [2.45, 2.75) is 19.8 Å². The van der Waals surface area contributed by atoms with E-state index in [2.05, 4.69) is 10.3 Å². The summed E-state index contributed by atoms with van der Waals surface area (Å²) in [6.07, 6.45) is 1.75. The molecular formula is C13H22N4O3. The third-order valence-corrected chi connectivity index (χ3v) is 2.58. The molecule has 112 valence electrons. The van der Waals surface area contributed by atoms with Crippen LogP contribution in [-0.2, 0) is 0 Å². The molecule has 0 atom stereocenters. The van der Waals surface area contributed by atoms with Crippen molar-refractivity contribution in [1.82, 2.24) is 9.88 Å². The summed E-state index contributed by atoms with van der Waals surface area (Å²) in [6, 6.07) is 3.02. The number of nitrogens with zero attached hydrogens (tertiary/aromatic N) is 3. The summed E-state index contributed by atoms with van der Waals surface area (Å²) in [6.45, 7) is 4.08. The molecule has 1 rings (SSSR count). The maximum atomic E-state index is 10.9. The van der Waals surface area contributed by atoms with Gasteiger partial charge in [-0.25, -0.2) is 0 Å². The van der Waals surface area contributed by atoms with Crippen LogP contribution in [0, 0.1) is 10.1 Å². The van der Waals surface area contributed by atoms with E-state index in [1.807, 2.05) is 25.9 Å². The molecule has 0 saturated heterocycles. The maximum Gasteiger partial charge on any atom is 0.331 e. The number of ether oxygens (including phenoxy) is 1. The SMILES string of the molecule is CCCNc1ccc([N+](=O)[O-])c(OCCCN(C)C)n1. The van der Waals surface area contributed by atoms with Crippen molar-refractivity contribution >= 4 is 11.5 Å². The first-order valence-electron chi connectivity index (χ1n) is 6.71. The van der Waals surface area contributed by atoms with E-state index in [0.717, 1.165) is 25.9 Å². The molecule has 0 aromatic carbocycles. The summed E-state index contributed by atoms with van der Waals surface area (Å²) >= 11 is 0. The second kappa shape index (κ2) is 8.31. The average Bonchev–Trinajstić information content (AvgIpc) is 2.41. The van der Waals surface area contributed by atoms with Gasteiger partial charge in [-0.1, -0.05) is 6.92 Å². The van der Waals surface area contributed by atoms with Gasteiger partial charge in [0.2, 0.25) is 0 Å². The number of anilines is 1. The van der Waals surface area contributed by atoms with Gasteiger partial charge >= 0.3 is 5.69 Å². The van der Waals surface area contributed by atoms with E-state index >= 15 is 0 Å². The molecule has 0 aliphatic rings. The zero-order valence-corrected chi connectivity index (χ0v) is 12.3. The van der Waals surface area contributed by atoms with Crippen LogP contribution >= 0.6 is 0 Å². The third-order valence-electron chi connectivity index (χ3n) is 2.58. The van der Waals surface area contributed by atoms with E-state index in [-0.39, 0.29) is 11.6 Å². The Labute approximate surface area is 119 Å². The summed E-state index contributed by atoms with van der Waals surface area (Å²) in [5.74, 6) is 0.676. The lowest BCUT2D eigenvalue weighted by Gasteiger charge is -2.11. The van der Waals surface area contributed by atoms with Crippen molar-refractivity contribution < 1.29 is 9.66 Å². The van der Waals surface area contributed by atoms with Gasteiger partial charge < -0.3 is 15.0 Å². The van der Waals surface area contributed by atoms with Crippen LogP contribution in [0.2, 0.25) is 0 Å². The van der Waals surface area contributed by atoms with Gasteiger partial charge in [0.1, 0.15) is 5.82 Å². The highest BCUT2D eigenvalue weighted by Gasteiger charge is 2.17. The first-order valence-corrected chi connectivity index (χ1v) is 6.71. The summed E-state index contributed by atoms with van der Waals surface area (Å²) in [5, 5.41) is 14.0. The Morgan fingerprint density at radius 1 is 1.45 bits per heavy atom. The molecule has 0 spiro atoms. The lowest BCUT2D eigenvalue weighted by atomic mass is 10.3. The zero-order valence-electron chi connectivity index (χ0n) is 12.3. The van der Waals surface area contributed by atoms with Crippen molar-refractivity contribution in [3.05, 3.63) is 22.2 Å². The van der Waals surface area contributed by atoms with Crippen molar-refractivity contribution in [2.75, 3.05) is 39.1 Å². The van der Waals surface area contributed by atoms with Gasteiger partial charge in [0.15, 0.2) is 0 Å². The first-order chi connectivity index (χ1) is 9.54. The molecule has 1 heterocycles. The van der Waals surface area contributed by atoms with E-state index in [0.29, 0.717) is 12.4 Å². The van der Waals surface area contributed by atoms with Gasteiger partial charge in [-0.3, -0.25) is 10.1 Å². The maximum absolute atomic E-state index is 10.9.